The zero-order valence-corrected chi connectivity index (χ0v) is 6.58. The van der Waals surface area contributed by atoms with Crippen LogP contribution >= 0.6 is 11.6 Å². The Kier molecular flexibility index (Phi) is 1.75. The van der Waals surface area contributed by atoms with Crippen molar-refractivity contribution >= 4 is 11.6 Å². The van der Waals surface area contributed by atoms with E-state index in [1.807, 2.05) is 6.07 Å². The van der Waals surface area contributed by atoms with E-state index < -0.39 is 0 Å². The molecule has 2 rings (SSSR count). The Bertz CT molecular complexity index is 262. The maximum Gasteiger partial charge on any atom is 0.222 e. The van der Waals surface area contributed by atoms with Gasteiger partial charge in [0, 0.05) is 12.1 Å². The summed E-state index contributed by atoms with van der Waals surface area (Å²) in [5.74, 6) is 0.426. The molecular formula is C7H7ClN2O. The number of rotatable bonds is 1. The Morgan fingerprint density at radius 1 is 1.55 bits per heavy atom. The van der Waals surface area contributed by atoms with Gasteiger partial charge in [-0.15, -0.1) is 0 Å². The Balaban J connectivity index is 2.23. The van der Waals surface area contributed by atoms with E-state index in [1.54, 1.807) is 6.20 Å². The van der Waals surface area contributed by atoms with Gasteiger partial charge < -0.3 is 4.74 Å². The van der Waals surface area contributed by atoms with Crippen molar-refractivity contribution in [2.24, 2.45) is 0 Å². The molecule has 0 spiro atoms. The first-order valence-electron chi connectivity index (χ1n) is 3.42. The van der Waals surface area contributed by atoms with E-state index in [0.29, 0.717) is 11.2 Å². The molecule has 0 atom stereocenters. The van der Waals surface area contributed by atoms with E-state index in [4.69, 9.17) is 16.3 Å². The average Bonchev–Trinajstić information content (AvgIpc) is 1.83. The van der Waals surface area contributed by atoms with Gasteiger partial charge in [-0.2, -0.15) is 0 Å². The Morgan fingerprint density at radius 2 is 2.36 bits per heavy atom. The summed E-state index contributed by atoms with van der Waals surface area (Å²) in [7, 11) is 0. The van der Waals surface area contributed by atoms with Crippen LogP contribution in [0.25, 0.3) is 0 Å². The third-order valence-corrected chi connectivity index (χ3v) is 1.89. The number of hydrogen-bond acceptors (Lipinski definition) is 3. The Morgan fingerprint density at radius 3 is 2.91 bits per heavy atom. The van der Waals surface area contributed by atoms with Crippen LogP contribution in [0.15, 0.2) is 12.3 Å². The number of nitrogens with zero attached hydrogens (tertiary/aromatic N) is 2. The number of ether oxygens (including phenoxy) is 1. The molecule has 3 nitrogen and oxygen atoms in total. The summed E-state index contributed by atoms with van der Waals surface area (Å²) in [5.41, 5.74) is 0.983. The van der Waals surface area contributed by atoms with Crippen molar-refractivity contribution in [3.05, 3.63) is 23.2 Å². The molecule has 0 aliphatic carbocycles. The first-order chi connectivity index (χ1) is 5.36. The van der Waals surface area contributed by atoms with E-state index in [0.717, 1.165) is 18.9 Å². The summed E-state index contributed by atoms with van der Waals surface area (Å²) < 4.78 is 5.03. The van der Waals surface area contributed by atoms with Gasteiger partial charge in [-0.05, 0) is 17.7 Å². The molecule has 0 radical (unpaired) electrons. The molecule has 0 amide bonds. The van der Waals surface area contributed by atoms with Gasteiger partial charge in [-0.3, -0.25) is 0 Å². The monoisotopic (exact) mass is 170 g/mol. The van der Waals surface area contributed by atoms with Gasteiger partial charge in [0.2, 0.25) is 5.28 Å². The lowest BCUT2D eigenvalue weighted by atomic mass is 10.0. The highest BCUT2D eigenvalue weighted by Gasteiger charge is 2.21. The van der Waals surface area contributed by atoms with Crippen LogP contribution in [0.1, 0.15) is 11.6 Å². The minimum Gasteiger partial charge on any atom is -0.380 e. The first kappa shape index (κ1) is 7.00. The van der Waals surface area contributed by atoms with Gasteiger partial charge in [0.25, 0.3) is 0 Å². The topological polar surface area (TPSA) is 35.0 Å². The molecule has 58 valence electrons. The van der Waals surface area contributed by atoms with Gasteiger partial charge in [0.05, 0.1) is 18.9 Å². The maximum atomic E-state index is 5.61. The van der Waals surface area contributed by atoms with Crippen molar-refractivity contribution < 1.29 is 4.74 Å². The van der Waals surface area contributed by atoms with E-state index in [1.165, 1.54) is 0 Å². The normalized spacial score (nSPS) is 17.9. The fraction of sp³-hybridized carbons (Fsp3) is 0.429. The minimum absolute atomic E-state index is 0.314. The van der Waals surface area contributed by atoms with Gasteiger partial charge in [0.15, 0.2) is 0 Å². The van der Waals surface area contributed by atoms with Crippen molar-refractivity contribution in [2.75, 3.05) is 13.2 Å². The highest BCUT2D eigenvalue weighted by molar-refractivity contribution is 6.28. The van der Waals surface area contributed by atoms with Gasteiger partial charge in [-0.25, -0.2) is 9.97 Å². The van der Waals surface area contributed by atoms with Crippen molar-refractivity contribution in [1.82, 2.24) is 9.97 Å². The van der Waals surface area contributed by atoms with Crippen LogP contribution in [0.4, 0.5) is 0 Å². The Hall–Kier alpha value is -0.670. The van der Waals surface area contributed by atoms with Gasteiger partial charge >= 0.3 is 0 Å². The van der Waals surface area contributed by atoms with E-state index in [2.05, 4.69) is 9.97 Å². The van der Waals surface area contributed by atoms with Crippen molar-refractivity contribution in [3.63, 3.8) is 0 Å². The van der Waals surface area contributed by atoms with E-state index in [9.17, 15) is 0 Å². The minimum atomic E-state index is 0.314. The fourth-order valence-corrected chi connectivity index (χ4v) is 1.14. The zero-order valence-electron chi connectivity index (χ0n) is 5.83. The second-order valence-electron chi connectivity index (χ2n) is 2.48. The summed E-state index contributed by atoms with van der Waals surface area (Å²) in [6.45, 7) is 1.51. The van der Waals surface area contributed by atoms with Crippen LogP contribution in [-0.2, 0) is 4.74 Å². The summed E-state index contributed by atoms with van der Waals surface area (Å²) in [6.07, 6.45) is 1.67. The second kappa shape index (κ2) is 2.75. The summed E-state index contributed by atoms with van der Waals surface area (Å²) in [6, 6.07) is 1.87. The summed E-state index contributed by atoms with van der Waals surface area (Å²) in [5, 5.41) is 0.314. The van der Waals surface area contributed by atoms with Crippen LogP contribution in [0.3, 0.4) is 0 Å². The standard InChI is InChI=1S/C7H7ClN2O/c8-7-9-2-1-6(10-7)5-3-11-4-5/h1-2,5H,3-4H2. The third-order valence-electron chi connectivity index (χ3n) is 1.70. The molecule has 1 aliphatic rings. The molecular weight excluding hydrogens is 164 g/mol. The Labute approximate surface area is 69.4 Å². The zero-order chi connectivity index (χ0) is 7.68. The molecule has 1 aromatic rings. The quantitative estimate of drug-likeness (QED) is 0.595. The van der Waals surface area contributed by atoms with Crippen LogP contribution in [0, 0.1) is 0 Å². The molecule has 1 aromatic heterocycles. The molecule has 11 heavy (non-hydrogen) atoms. The highest BCUT2D eigenvalue weighted by atomic mass is 35.5. The van der Waals surface area contributed by atoms with Crippen LogP contribution in [-0.4, -0.2) is 23.2 Å². The molecule has 0 unspecified atom stereocenters. The average molecular weight is 171 g/mol. The lowest BCUT2D eigenvalue weighted by Crippen LogP contribution is -2.25. The molecule has 1 aliphatic heterocycles. The predicted octanol–water partition coefficient (Wildman–Crippen LogP) is 1.24. The van der Waals surface area contributed by atoms with Gasteiger partial charge in [-0.1, -0.05) is 0 Å². The van der Waals surface area contributed by atoms with Gasteiger partial charge in [0.1, 0.15) is 0 Å². The molecule has 0 saturated carbocycles. The fourth-order valence-electron chi connectivity index (χ4n) is 0.982. The van der Waals surface area contributed by atoms with Crippen molar-refractivity contribution in [2.45, 2.75) is 5.92 Å². The second-order valence-corrected chi connectivity index (χ2v) is 2.82. The lowest BCUT2D eigenvalue weighted by molar-refractivity contribution is 0.00667. The molecule has 2 heterocycles. The summed E-state index contributed by atoms with van der Waals surface area (Å²) >= 11 is 5.61. The predicted molar refractivity (Wildman–Crippen MR) is 40.6 cm³/mol. The van der Waals surface area contributed by atoms with Crippen LogP contribution < -0.4 is 0 Å². The summed E-state index contributed by atoms with van der Waals surface area (Å²) in [4.78, 5) is 7.86. The van der Waals surface area contributed by atoms with Crippen molar-refractivity contribution in [1.29, 1.82) is 0 Å². The molecule has 1 fully saturated rings. The SMILES string of the molecule is Clc1nccc(C2COC2)n1. The molecule has 4 heteroatoms. The smallest absolute Gasteiger partial charge is 0.222 e. The lowest BCUT2D eigenvalue weighted by Gasteiger charge is -2.24. The molecule has 0 N–H and O–H groups in total. The third kappa shape index (κ3) is 1.34. The molecule has 0 aromatic carbocycles. The van der Waals surface area contributed by atoms with Crippen molar-refractivity contribution in [3.8, 4) is 0 Å². The maximum absolute atomic E-state index is 5.61. The number of halogens is 1. The molecule has 0 bridgehead atoms. The first-order valence-corrected chi connectivity index (χ1v) is 3.80. The number of aromatic nitrogens is 2. The van der Waals surface area contributed by atoms with Crippen LogP contribution in [0.5, 0.6) is 0 Å². The van der Waals surface area contributed by atoms with E-state index in [-0.39, 0.29) is 0 Å². The number of hydrogen-bond donors (Lipinski definition) is 0. The highest BCUT2D eigenvalue weighted by Crippen LogP contribution is 2.21. The van der Waals surface area contributed by atoms with Crippen LogP contribution in [0.2, 0.25) is 5.28 Å². The molecule has 1 saturated heterocycles. The largest absolute Gasteiger partial charge is 0.380 e. The van der Waals surface area contributed by atoms with E-state index >= 15 is 0 Å².